The van der Waals surface area contributed by atoms with Gasteiger partial charge < -0.3 is 20.3 Å². The summed E-state index contributed by atoms with van der Waals surface area (Å²) < 4.78 is 19.3. The molecule has 1 fully saturated rings. The van der Waals surface area contributed by atoms with Crippen molar-refractivity contribution in [2.45, 2.75) is 38.8 Å². The van der Waals surface area contributed by atoms with Crippen molar-refractivity contribution in [3.05, 3.63) is 24.1 Å². The van der Waals surface area contributed by atoms with Crippen molar-refractivity contribution in [3.63, 3.8) is 0 Å². The lowest BCUT2D eigenvalue weighted by Gasteiger charge is -2.23. The zero-order valence-electron chi connectivity index (χ0n) is 15.4. The van der Waals surface area contributed by atoms with Gasteiger partial charge in [0.15, 0.2) is 17.6 Å². The average Bonchev–Trinajstić information content (AvgIpc) is 3.02. The zero-order valence-corrected chi connectivity index (χ0v) is 17.7. The maximum absolute atomic E-state index is 13.9. The van der Waals surface area contributed by atoms with Crippen molar-refractivity contribution >= 4 is 35.8 Å². The molecule has 6 nitrogen and oxygen atoms in total. The number of aliphatic imine (C=N–C) groups is 1. The predicted molar refractivity (Wildman–Crippen MR) is 110 cm³/mol. The molecule has 1 unspecified atom stereocenters. The van der Waals surface area contributed by atoms with Crippen LogP contribution in [0.15, 0.2) is 23.3 Å². The van der Waals surface area contributed by atoms with E-state index in [2.05, 4.69) is 20.6 Å². The van der Waals surface area contributed by atoms with Crippen molar-refractivity contribution in [2.24, 2.45) is 4.99 Å². The first-order valence-electron chi connectivity index (χ1n) is 8.40. The van der Waals surface area contributed by atoms with Gasteiger partial charge in [-0.05, 0) is 39.3 Å². The van der Waals surface area contributed by atoms with E-state index < -0.39 is 0 Å². The number of hydrogen-bond donors (Lipinski definition) is 2. The van der Waals surface area contributed by atoms with Crippen LogP contribution in [0, 0.1) is 5.82 Å². The average molecular weight is 465 g/mol. The first kappa shape index (κ1) is 21.9. The fourth-order valence-corrected chi connectivity index (χ4v) is 2.53. The molecule has 1 atom stereocenters. The lowest BCUT2D eigenvalue weighted by Crippen LogP contribution is -2.45. The minimum Gasteiger partial charge on any atom is -0.377 e. The summed E-state index contributed by atoms with van der Waals surface area (Å²) >= 11 is 0. The minimum absolute atomic E-state index is 0. The number of hydrogen-bond acceptors (Lipinski definition) is 4. The van der Waals surface area contributed by atoms with Gasteiger partial charge in [-0.3, -0.25) is 4.99 Å². The van der Waals surface area contributed by atoms with E-state index in [-0.39, 0.29) is 41.4 Å². The van der Waals surface area contributed by atoms with Crippen molar-refractivity contribution in [1.82, 2.24) is 15.6 Å². The highest BCUT2D eigenvalue weighted by Crippen LogP contribution is 2.20. The maximum Gasteiger partial charge on any atom is 0.191 e. The van der Waals surface area contributed by atoms with E-state index in [1.54, 1.807) is 19.4 Å². The van der Waals surface area contributed by atoms with Gasteiger partial charge in [0.2, 0.25) is 0 Å². The molecule has 8 heteroatoms. The van der Waals surface area contributed by atoms with Gasteiger partial charge in [-0.1, -0.05) is 0 Å². The Balaban J connectivity index is 0.00000312. The van der Waals surface area contributed by atoms with Crippen molar-refractivity contribution < 1.29 is 9.13 Å². The van der Waals surface area contributed by atoms with E-state index in [9.17, 15) is 4.39 Å². The Bertz CT molecular complexity index is 570. The van der Waals surface area contributed by atoms with Crippen LogP contribution in [0.5, 0.6) is 0 Å². The van der Waals surface area contributed by atoms with Gasteiger partial charge in [-0.15, -0.1) is 24.0 Å². The van der Waals surface area contributed by atoms with Crippen LogP contribution in [-0.4, -0.2) is 55.9 Å². The Labute approximate surface area is 166 Å². The van der Waals surface area contributed by atoms with Gasteiger partial charge in [0.25, 0.3) is 0 Å². The van der Waals surface area contributed by atoms with Gasteiger partial charge in [0.05, 0.1) is 12.1 Å². The molecule has 0 spiro atoms. The van der Waals surface area contributed by atoms with Crippen LogP contribution in [0.1, 0.15) is 27.2 Å². The van der Waals surface area contributed by atoms with E-state index in [0.717, 1.165) is 25.5 Å². The summed E-state index contributed by atoms with van der Waals surface area (Å²) in [7, 11) is 1.69. The maximum atomic E-state index is 13.9. The molecule has 1 saturated heterocycles. The molecule has 1 aliphatic heterocycles. The second-order valence-corrected chi connectivity index (χ2v) is 6.54. The fraction of sp³-hybridized carbons (Fsp3) is 0.647. The number of halogens is 2. The Morgan fingerprint density at radius 1 is 1.52 bits per heavy atom. The van der Waals surface area contributed by atoms with Gasteiger partial charge in [0.1, 0.15) is 0 Å². The molecule has 2 N–H and O–H groups in total. The summed E-state index contributed by atoms with van der Waals surface area (Å²) in [6.07, 6.45) is 2.53. The van der Waals surface area contributed by atoms with Crippen molar-refractivity contribution in [1.29, 1.82) is 0 Å². The highest BCUT2D eigenvalue weighted by Gasteiger charge is 2.26. The molecule has 1 aliphatic rings. The summed E-state index contributed by atoms with van der Waals surface area (Å²) in [4.78, 5) is 10.7. The molecule has 0 radical (unpaired) electrons. The van der Waals surface area contributed by atoms with Crippen LogP contribution in [0.3, 0.4) is 0 Å². The zero-order chi connectivity index (χ0) is 17.6. The van der Waals surface area contributed by atoms with Crippen LogP contribution < -0.4 is 15.5 Å². The number of aromatic nitrogens is 1. The third-order valence-corrected chi connectivity index (χ3v) is 4.08. The molecule has 142 valence electrons. The van der Waals surface area contributed by atoms with E-state index in [0.29, 0.717) is 18.9 Å². The molecule has 0 saturated carbocycles. The topological polar surface area (TPSA) is 61.8 Å². The summed E-state index contributed by atoms with van der Waals surface area (Å²) in [5.74, 6) is 0.904. The first-order valence-corrected chi connectivity index (χ1v) is 8.40. The molecule has 25 heavy (non-hydrogen) atoms. The molecule has 1 aromatic heterocycles. The van der Waals surface area contributed by atoms with Gasteiger partial charge >= 0.3 is 0 Å². The quantitative estimate of drug-likeness (QED) is 0.384. The second kappa shape index (κ2) is 10.1. The molecule has 0 amide bonds. The van der Waals surface area contributed by atoms with E-state index in [4.69, 9.17) is 4.74 Å². The number of guanidine groups is 1. The van der Waals surface area contributed by atoms with Gasteiger partial charge in [-0.2, -0.15) is 0 Å². The molecular formula is C17H29FIN5O. The number of ether oxygens (including phenoxy) is 1. The molecular weight excluding hydrogens is 436 g/mol. The van der Waals surface area contributed by atoms with Crippen LogP contribution in [-0.2, 0) is 4.74 Å². The summed E-state index contributed by atoms with van der Waals surface area (Å²) in [6, 6.07) is 3.26. The number of nitrogens with one attached hydrogen (secondary N) is 2. The Morgan fingerprint density at radius 2 is 2.28 bits per heavy atom. The Morgan fingerprint density at radius 3 is 2.92 bits per heavy atom. The SMILES string of the molecule is CCNC(=NCC(C)(C)OC)NC1CCN(c2ncccc2F)C1.I. The number of nitrogens with zero attached hydrogens (tertiary/aromatic N) is 3. The van der Waals surface area contributed by atoms with Crippen LogP contribution in [0.25, 0.3) is 0 Å². The van der Waals surface area contributed by atoms with Crippen molar-refractivity contribution in [3.8, 4) is 0 Å². The molecule has 2 heterocycles. The minimum atomic E-state index is -0.304. The summed E-state index contributed by atoms with van der Waals surface area (Å²) in [5, 5.41) is 6.67. The molecule has 1 aromatic rings. The monoisotopic (exact) mass is 465 g/mol. The Kier molecular flexibility index (Phi) is 8.84. The predicted octanol–water partition coefficient (Wildman–Crippen LogP) is 2.40. The summed E-state index contributed by atoms with van der Waals surface area (Å²) in [5.41, 5.74) is -0.304. The standard InChI is InChI=1S/C17H28FN5O.HI/c1-5-19-16(21-12-17(2,3)24-4)22-13-8-10-23(11-13)15-14(18)7-6-9-20-15;/h6-7,9,13H,5,8,10-12H2,1-4H3,(H2,19,21,22);1H. The fourth-order valence-electron chi connectivity index (χ4n) is 2.53. The first-order chi connectivity index (χ1) is 11.4. The number of methoxy groups -OCH3 is 1. The van der Waals surface area contributed by atoms with E-state index in [1.807, 2.05) is 25.7 Å². The summed E-state index contributed by atoms with van der Waals surface area (Å²) in [6.45, 7) is 8.85. The Hall–Kier alpha value is -1.16. The highest BCUT2D eigenvalue weighted by molar-refractivity contribution is 14.0. The van der Waals surface area contributed by atoms with Crippen LogP contribution in [0.4, 0.5) is 10.2 Å². The molecule has 0 bridgehead atoms. The normalized spacial score (nSPS) is 18.0. The van der Waals surface area contributed by atoms with Gasteiger partial charge in [0, 0.05) is 39.0 Å². The number of pyridine rings is 1. The van der Waals surface area contributed by atoms with E-state index >= 15 is 0 Å². The van der Waals surface area contributed by atoms with Gasteiger partial charge in [-0.25, -0.2) is 9.37 Å². The van der Waals surface area contributed by atoms with Crippen LogP contribution >= 0.6 is 24.0 Å². The lowest BCUT2D eigenvalue weighted by atomic mass is 10.1. The highest BCUT2D eigenvalue weighted by atomic mass is 127. The smallest absolute Gasteiger partial charge is 0.191 e. The van der Waals surface area contributed by atoms with E-state index in [1.165, 1.54) is 6.07 Å². The third kappa shape index (κ3) is 6.58. The van der Waals surface area contributed by atoms with Crippen LogP contribution in [0.2, 0.25) is 0 Å². The van der Waals surface area contributed by atoms with Crippen molar-refractivity contribution in [2.75, 3.05) is 38.2 Å². The second-order valence-electron chi connectivity index (χ2n) is 6.54. The molecule has 2 rings (SSSR count). The largest absolute Gasteiger partial charge is 0.377 e. The molecule has 0 aliphatic carbocycles. The third-order valence-electron chi connectivity index (χ3n) is 4.08. The number of anilines is 1. The number of rotatable bonds is 6. The molecule has 0 aromatic carbocycles. The lowest BCUT2D eigenvalue weighted by molar-refractivity contribution is 0.0310.